The Morgan fingerprint density at radius 3 is 2.53 bits per heavy atom. The number of hydrogen-bond acceptors (Lipinski definition) is 2. The molecule has 2 aromatic rings. The van der Waals surface area contributed by atoms with Gasteiger partial charge in [-0.05, 0) is 36.8 Å². The summed E-state index contributed by atoms with van der Waals surface area (Å²) in [5.41, 5.74) is 1.46. The summed E-state index contributed by atoms with van der Waals surface area (Å²) < 4.78 is 0.984. The van der Waals surface area contributed by atoms with Crippen LogP contribution in [0.15, 0.2) is 45.7 Å². The van der Waals surface area contributed by atoms with Crippen LogP contribution in [0.25, 0.3) is 0 Å². The maximum atomic E-state index is 11.9. The lowest BCUT2D eigenvalue weighted by atomic mass is 10.2. The molecule has 5 heteroatoms. The zero-order valence-electron chi connectivity index (χ0n) is 10.4. The first kappa shape index (κ1) is 13.5. The Balaban J connectivity index is 2.05. The van der Waals surface area contributed by atoms with Crippen LogP contribution in [0.1, 0.15) is 21.6 Å². The molecule has 1 aromatic carbocycles. The number of hydrogen-bond donors (Lipinski definition) is 2. The second-order valence-electron chi connectivity index (χ2n) is 4.19. The van der Waals surface area contributed by atoms with E-state index in [1.54, 1.807) is 13.0 Å². The van der Waals surface area contributed by atoms with E-state index in [-0.39, 0.29) is 17.0 Å². The van der Waals surface area contributed by atoms with E-state index in [0.717, 1.165) is 15.7 Å². The Bertz CT molecular complexity index is 647. The predicted molar refractivity (Wildman–Crippen MR) is 77.1 cm³/mol. The zero-order chi connectivity index (χ0) is 13.8. The Labute approximate surface area is 119 Å². The first-order chi connectivity index (χ1) is 9.06. The number of rotatable bonds is 3. The second kappa shape index (κ2) is 5.84. The monoisotopic (exact) mass is 320 g/mol. The summed E-state index contributed by atoms with van der Waals surface area (Å²) in [5, 5.41) is 2.72. The Kier molecular flexibility index (Phi) is 4.16. The van der Waals surface area contributed by atoms with E-state index in [2.05, 4.69) is 26.2 Å². The highest BCUT2D eigenvalue weighted by atomic mass is 79.9. The van der Waals surface area contributed by atoms with Gasteiger partial charge < -0.3 is 10.3 Å². The number of aromatic amines is 1. The third kappa shape index (κ3) is 3.54. The smallest absolute Gasteiger partial charge is 0.260 e. The van der Waals surface area contributed by atoms with Crippen LogP contribution in [0.4, 0.5) is 0 Å². The van der Waals surface area contributed by atoms with Gasteiger partial charge in [0.15, 0.2) is 0 Å². The second-order valence-corrected chi connectivity index (χ2v) is 5.11. The molecule has 0 aliphatic carbocycles. The average Bonchev–Trinajstić information content (AvgIpc) is 2.37. The molecule has 2 rings (SSSR count). The summed E-state index contributed by atoms with van der Waals surface area (Å²) in [5.74, 6) is -0.371. The van der Waals surface area contributed by atoms with Crippen LogP contribution in [0, 0.1) is 6.92 Å². The highest BCUT2D eigenvalue weighted by molar-refractivity contribution is 9.10. The largest absolute Gasteiger partial charge is 0.348 e. The molecule has 0 radical (unpaired) electrons. The standard InChI is InChI=1S/C14H13BrN2O2/c1-9-2-7-12(14(19)17-9)13(18)16-8-10-3-5-11(15)6-4-10/h2-7H,8H2,1H3,(H,16,18)(H,17,19). The van der Waals surface area contributed by atoms with Crippen molar-refractivity contribution < 1.29 is 4.79 Å². The van der Waals surface area contributed by atoms with E-state index in [0.29, 0.717) is 6.54 Å². The van der Waals surface area contributed by atoms with Crippen molar-refractivity contribution in [2.24, 2.45) is 0 Å². The van der Waals surface area contributed by atoms with E-state index in [1.165, 1.54) is 6.07 Å². The van der Waals surface area contributed by atoms with Crippen molar-refractivity contribution >= 4 is 21.8 Å². The van der Waals surface area contributed by atoms with Gasteiger partial charge in [-0.2, -0.15) is 0 Å². The number of aryl methyl sites for hydroxylation is 1. The van der Waals surface area contributed by atoms with Crippen LogP contribution in [0.5, 0.6) is 0 Å². The molecular formula is C14H13BrN2O2. The molecule has 1 aromatic heterocycles. The minimum absolute atomic E-state index is 0.128. The van der Waals surface area contributed by atoms with Crippen LogP contribution < -0.4 is 10.9 Å². The topological polar surface area (TPSA) is 62.0 Å². The lowest BCUT2D eigenvalue weighted by molar-refractivity contribution is 0.0949. The molecule has 0 fully saturated rings. The SMILES string of the molecule is Cc1ccc(C(=O)NCc2ccc(Br)cc2)c(=O)[nH]1. The fourth-order valence-electron chi connectivity index (χ4n) is 1.63. The highest BCUT2D eigenvalue weighted by Gasteiger charge is 2.09. The fraction of sp³-hybridized carbons (Fsp3) is 0.143. The third-order valence-corrected chi connectivity index (χ3v) is 3.19. The van der Waals surface area contributed by atoms with Crippen LogP contribution in [0.2, 0.25) is 0 Å². The summed E-state index contributed by atoms with van der Waals surface area (Å²) in [4.78, 5) is 26.1. The van der Waals surface area contributed by atoms with Crippen LogP contribution in [-0.4, -0.2) is 10.9 Å². The van der Waals surface area contributed by atoms with Crippen molar-refractivity contribution in [2.75, 3.05) is 0 Å². The molecule has 0 saturated carbocycles. The van der Waals surface area contributed by atoms with Gasteiger partial charge in [-0.3, -0.25) is 9.59 Å². The normalized spacial score (nSPS) is 10.2. The quantitative estimate of drug-likeness (QED) is 0.912. The molecule has 2 N–H and O–H groups in total. The van der Waals surface area contributed by atoms with Crippen molar-refractivity contribution in [2.45, 2.75) is 13.5 Å². The summed E-state index contributed by atoms with van der Waals surface area (Å²) in [6.45, 7) is 2.16. The highest BCUT2D eigenvalue weighted by Crippen LogP contribution is 2.10. The van der Waals surface area contributed by atoms with E-state index in [9.17, 15) is 9.59 Å². The lowest BCUT2D eigenvalue weighted by Crippen LogP contribution is -2.29. The van der Waals surface area contributed by atoms with Gasteiger partial charge in [0.1, 0.15) is 5.56 Å². The molecular weight excluding hydrogens is 308 g/mol. The number of pyridine rings is 1. The number of benzene rings is 1. The van der Waals surface area contributed by atoms with Crippen molar-refractivity contribution in [3.05, 3.63) is 68.0 Å². The van der Waals surface area contributed by atoms with E-state index in [1.807, 2.05) is 24.3 Å². The average molecular weight is 321 g/mol. The molecule has 98 valence electrons. The van der Waals surface area contributed by atoms with E-state index < -0.39 is 0 Å². The van der Waals surface area contributed by atoms with Crippen LogP contribution in [-0.2, 0) is 6.54 Å². The Morgan fingerprint density at radius 2 is 1.89 bits per heavy atom. The molecule has 1 amide bonds. The number of halogens is 1. The number of carbonyl (C=O) groups excluding carboxylic acids is 1. The maximum absolute atomic E-state index is 11.9. The van der Waals surface area contributed by atoms with Gasteiger partial charge >= 0.3 is 0 Å². The summed E-state index contributed by atoms with van der Waals surface area (Å²) in [6.07, 6.45) is 0. The predicted octanol–water partition coefficient (Wildman–Crippen LogP) is 2.38. The van der Waals surface area contributed by atoms with Gasteiger partial charge in [0.05, 0.1) is 0 Å². The molecule has 0 bridgehead atoms. The van der Waals surface area contributed by atoms with Crippen molar-refractivity contribution in [1.29, 1.82) is 0 Å². The molecule has 1 heterocycles. The number of nitrogens with one attached hydrogen (secondary N) is 2. The molecule has 0 aliphatic rings. The summed E-state index contributed by atoms with van der Waals surface area (Å²) in [6, 6.07) is 10.9. The fourth-order valence-corrected chi connectivity index (χ4v) is 1.90. The molecule has 0 aliphatic heterocycles. The summed E-state index contributed by atoms with van der Waals surface area (Å²) >= 11 is 3.35. The minimum Gasteiger partial charge on any atom is -0.348 e. The molecule has 0 saturated heterocycles. The Morgan fingerprint density at radius 1 is 1.21 bits per heavy atom. The minimum atomic E-state index is -0.371. The molecule has 4 nitrogen and oxygen atoms in total. The Hall–Kier alpha value is -1.88. The van der Waals surface area contributed by atoms with Gasteiger partial charge in [-0.1, -0.05) is 28.1 Å². The van der Waals surface area contributed by atoms with E-state index >= 15 is 0 Å². The first-order valence-corrected chi connectivity index (χ1v) is 6.58. The van der Waals surface area contributed by atoms with Gasteiger partial charge in [-0.25, -0.2) is 0 Å². The first-order valence-electron chi connectivity index (χ1n) is 5.79. The van der Waals surface area contributed by atoms with Crippen molar-refractivity contribution in [3.63, 3.8) is 0 Å². The molecule has 0 atom stereocenters. The van der Waals surface area contributed by atoms with Gasteiger partial charge in [0.2, 0.25) is 0 Å². The van der Waals surface area contributed by atoms with Crippen molar-refractivity contribution in [3.8, 4) is 0 Å². The van der Waals surface area contributed by atoms with Crippen LogP contribution in [0.3, 0.4) is 0 Å². The molecule has 19 heavy (non-hydrogen) atoms. The maximum Gasteiger partial charge on any atom is 0.260 e. The lowest BCUT2D eigenvalue weighted by Gasteiger charge is -2.05. The zero-order valence-corrected chi connectivity index (χ0v) is 12.0. The van der Waals surface area contributed by atoms with E-state index in [4.69, 9.17) is 0 Å². The van der Waals surface area contributed by atoms with Crippen LogP contribution >= 0.6 is 15.9 Å². The number of aromatic nitrogens is 1. The molecule has 0 spiro atoms. The van der Waals surface area contributed by atoms with Crippen molar-refractivity contribution in [1.82, 2.24) is 10.3 Å². The number of amides is 1. The number of carbonyl (C=O) groups is 1. The summed E-state index contributed by atoms with van der Waals surface area (Å²) in [7, 11) is 0. The van der Waals surface area contributed by atoms with Gasteiger partial charge in [0.25, 0.3) is 11.5 Å². The number of H-pyrrole nitrogens is 1. The van der Waals surface area contributed by atoms with Gasteiger partial charge in [0, 0.05) is 16.7 Å². The van der Waals surface area contributed by atoms with Gasteiger partial charge in [-0.15, -0.1) is 0 Å². The third-order valence-electron chi connectivity index (χ3n) is 2.67. The molecule has 0 unspecified atom stereocenters.